The van der Waals surface area contributed by atoms with E-state index in [1.165, 1.54) is 23.2 Å². The standard InChI is InChI=1S/C31H29N5O3/c1-21-27(25-11-6-8-14-29(25)34(21)20-22-15-17-24(18-16-22)36(38)39)19-32-35-30(23-9-3-2-4-10-23)33-28-13-7-5-12-26(28)31(35)37/h5-8,11-19,23H,2-4,9-10,20H2,1H3. The van der Waals surface area contributed by atoms with Crippen LogP contribution in [-0.2, 0) is 6.54 Å². The molecule has 8 heteroatoms. The van der Waals surface area contributed by atoms with Crippen molar-refractivity contribution < 1.29 is 4.92 Å². The molecule has 0 aliphatic heterocycles. The number of nitrogens with zero attached hydrogens (tertiary/aromatic N) is 5. The van der Waals surface area contributed by atoms with Crippen LogP contribution in [0.1, 0.15) is 60.7 Å². The first-order chi connectivity index (χ1) is 19.0. The summed E-state index contributed by atoms with van der Waals surface area (Å²) < 4.78 is 3.70. The fraction of sp³-hybridized carbons (Fsp3) is 0.258. The van der Waals surface area contributed by atoms with Gasteiger partial charge in [0.1, 0.15) is 5.82 Å². The van der Waals surface area contributed by atoms with E-state index in [1.807, 2.05) is 43.3 Å². The Hall–Kier alpha value is -4.59. The quantitative estimate of drug-likeness (QED) is 0.144. The Morgan fingerprint density at radius 1 is 0.974 bits per heavy atom. The van der Waals surface area contributed by atoms with Gasteiger partial charge < -0.3 is 4.57 Å². The molecule has 2 heterocycles. The lowest BCUT2D eigenvalue weighted by atomic mass is 9.88. The van der Waals surface area contributed by atoms with E-state index in [1.54, 1.807) is 18.3 Å². The summed E-state index contributed by atoms with van der Waals surface area (Å²) in [5.41, 5.74) is 4.56. The van der Waals surface area contributed by atoms with Crippen molar-refractivity contribution in [2.75, 3.05) is 0 Å². The van der Waals surface area contributed by atoms with Crippen LogP contribution >= 0.6 is 0 Å². The van der Waals surface area contributed by atoms with Crippen LogP contribution in [0.5, 0.6) is 0 Å². The van der Waals surface area contributed by atoms with Gasteiger partial charge in [-0.1, -0.05) is 61.7 Å². The minimum atomic E-state index is -0.389. The molecule has 1 fully saturated rings. The topological polar surface area (TPSA) is 95.3 Å². The number of nitro groups is 1. The Balaban J connectivity index is 1.45. The summed E-state index contributed by atoms with van der Waals surface area (Å²) >= 11 is 0. The molecule has 0 unspecified atom stereocenters. The van der Waals surface area contributed by atoms with Crippen LogP contribution in [0.4, 0.5) is 5.69 Å². The minimum absolute atomic E-state index is 0.0730. The number of rotatable bonds is 6. The molecule has 0 radical (unpaired) electrons. The maximum atomic E-state index is 13.6. The second-order valence-electron chi connectivity index (χ2n) is 10.2. The van der Waals surface area contributed by atoms with Crippen LogP contribution in [0.15, 0.2) is 82.7 Å². The molecule has 0 N–H and O–H groups in total. The van der Waals surface area contributed by atoms with Gasteiger partial charge in [-0.2, -0.15) is 9.78 Å². The van der Waals surface area contributed by atoms with E-state index in [0.717, 1.165) is 59.2 Å². The average molecular weight is 520 g/mol. The van der Waals surface area contributed by atoms with Crippen molar-refractivity contribution >= 4 is 33.7 Å². The van der Waals surface area contributed by atoms with Gasteiger partial charge in [0.05, 0.1) is 22.0 Å². The van der Waals surface area contributed by atoms with Crippen molar-refractivity contribution in [3.63, 3.8) is 0 Å². The molecule has 0 bridgehead atoms. The second-order valence-corrected chi connectivity index (χ2v) is 10.2. The molecule has 6 rings (SSSR count). The third kappa shape index (κ3) is 4.63. The van der Waals surface area contributed by atoms with Gasteiger partial charge in [0.15, 0.2) is 0 Å². The zero-order valence-corrected chi connectivity index (χ0v) is 21.8. The molecule has 39 heavy (non-hydrogen) atoms. The molecule has 0 atom stereocenters. The van der Waals surface area contributed by atoms with E-state index in [2.05, 4.69) is 16.7 Å². The highest BCUT2D eigenvalue weighted by atomic mass is 16.6. The zero-order valence-electron chi connectivity index (χ0n) is 21.8. The third-order valence-electron chi connectivity index (χ3n) is 7.82. The highest BCUT2D eigenvalue weighted by Gasteiger charge is 2.22. The summed E-state index contributed by atoms with van der Waals surface area (Å²) in [6, 6.07) is 22.2. The monoisotopic (exact) mass is 519 g/mol. The Labute approximate surface area is 225 Å². The summed E-state index contributed by atoms with van der Waals surface area (Å²) in [7, 11) is 0. The van der Waals surface area contributed by atoms with Crippen molar-refractivity contribution in [3.05, 3.63) is 116 Å². The summed E-state index contributed by atoms with van der Waals surface area (Å²) in [4.78, 5) is 29.3. The highest BCUT2D eigenvalue weighted by molar-refractivity contribution is 6.01. The van der Waals surface area contributed by atoms with Crippen molar-refractivity contribution in [2.24, 2.45) is 5.10 Å². The van der Waals surface area contributed by atoms with Crippen LogP contribution in [0.3, 0.4) is 0 Å². The molecule has 1 saturated carbocycles. The minimum Gasteiger partial charge on any atom is -0.340 e. The first-order valence-corrected chi connectivity index (χ1v) is 13.4. The van der Waals surface area contributed by atoms with E-state index in [-0.39, 0.29) is 22.1 Å². The number of fused-ring (bicyclic) bond motifs is 2. The smallest absolute Gasteiger partial charge is 0.282 e. The van der Waals surface area contributed by atoms with Crippen LogP contribution in [0.25, 0.3) is 21.8 Å². The molecule has 3 aromatic carbocycles. The lowest BCUT2D eigenvalue weighted by Crippen LogP contribution is -2.25. The molecule has 8 nitrogen and oxygen atoms in total. The lowest BCUT2D eigenvalue weighted by Gasteiger charge is -2.22. The van der Waals surface area contributed by atoms with Crippen molar-refractivity contribution in [1.29, 1.82) is 0 Å². The van der Waals surface area contributed by atoms with Crippen molar-refractivity contribution in [1.82, 2.24) is 14.2 Å². The van der Waals surface area contributed by atoms with E-state index in [0.29, 0.717) is 17.4 Å². The van der Waals surface area contributed by atoms with Gasteiger partial charge in [0, 0.05) is 46.8 Å². The lowest BCUT2D eigenvalue weighted by molar-refractivity contribution is -0.384. The summed E-state index contributed by atoms with van der Waals surface area (Å²) in [6.45, 7) is 2.60. The fourth-order valence-corrected chi connectivity index (χ4v) is 5.72. The van der Waals surface area contributed by atoms with Gasteiger partial charge in [-0.25, -0.2) is 4.98 Å². The van der Waals surface area contributed by atoms with Crippen LogP contribution in [0.2, 0.25) is 0 Å². The predicted molar refractivity (Wildman–Crippen MR) is 154 cm³/mol. The Bertz CT molecular complexity index is 1780. The second kappa shape index (κ2) is 10.3. The zero-order chi connectivity index (χ0) is 26.9. The predicted octanol–water partition coefficient (Wildman–Crippen LogP) is 6.55. The molecular weight excluding hydrogens is 490 g/mol. The molecule has 0 saturated heterocycles. The number of para-hydroxylation sites is 2. The first-order valence-electron chi connectivity index (χ1n) is 13.4. The van der Waals surface area contributed by atoms with Crippen molar-refractivity contribution in [3.8, 4) is 0 Å². The summed E-state index contributed by atoms with van der Waals surface area (Å²) in [5.74, 6) is 0.944. The van der Waals surface area contributed by atoms with Gasteiger partial charge in [-0.15, -0.1) is 0 Å². The van der Waals surface area contributed by atoms with Crippen LogP contribution < -0.4 is 5.56 Å². The molecule has 0 spiro atoms. The van der Waals surface area contributed by atoms with E-state index in [9.17, 15) is 14.9 Å². The molecule has 196 valence electrons. The largest absolute Gasteiger partial charge is 0.340 e. The normalized spacial score (nSPS) is 14.5. The van der Waals surface area contributed by atoms with E-state index >= 15 is 0 Å². The number of benzene rings is 3. The average Bonchev–Trinajstić information content (AvgIpc) is 3.23. The van der Waals surface area contributed by atoms with Gasteiger partial charge in [0.25, 0.3) is 11.2 Å². The SMILES string of the molecule is Cc1c(C=Nn2c(C3CCCCC3)nc3ccccc3c2=O)c2ccccc2n1Cc1ccc([N+](=O)[O-])cc1. The number of nitro benzene ring substituents is 1. The summed E-state index contributed by atoms with van der Waals surface area (Å²) in [6.07, 6.45) is 7.28. The molecule has 1 aliphatic rings. The van der Waals surface area contributed by atoms with E-state index in [4.69, 9.17) is 10.1 Å². The molecule has 1 aliphatic carbocycles. The van der Waals surface area contributed by atoms with Gasteiger partial charge >= 0.3 is 0 Å². The molecule has 0 amide bonds. The number of hydrogen-bond donors (Lipinski definition) is 0. The highest BCUT2D eigenvalue weighted by Crippen LogP contribution is 2.32. The number of hydrogen-bond acceptors (Lipinski definition) is 5. The fourth-order valence-electron chi connectivity index (χ4n) is 5.72. The van der Waals surface area contributed by atoms with E-state index < -0.39 is 0 Å². The first kappa shape index (κ1) is 24.7. The molecule has 2 aromatic heterocycles. The number of non-ortho nitro benzene ring substituents is 1. The maximum absolute atomic E-state index is 13.6. The third-order valence-corrected chi connectivity index (χ3v) is 7.82. The van der Waals surface area contributed by atoms with Crippen LogP contribution in [-0.4, -0.2) is 25.4 Å². The Morgan fingerprint density at radius 3 is 2.41 bits per heavy atom. The molecule has 5 aromatic rings. The van der Waals surface area contributed by atoms with Gasteiger partial charge in [-0.05, 0) is 43.5 Å². The van der Waals surface area contributed by atoms with Crippen LogP contribution in [0, 0.1) is 17.0 Å². The van der Waals surface area contributed by atoms with Gasteiger partial charge in [-0.3, -0.25) is 14.9 Å². The molecular formula is C31H29N5O3. The number of aromatic nitrogens is 3. The van der Waals surface area contributed by atoms with Crippen molar-refractivity contribution in [2.45, 2.75) is 51.5 Å². The maximum Gasteiger partial charge on any atom is 0.282 e. The van der Waals surface area contributed by atoms with Gasteiger partial charge in [0.2, 0.25) is 0 Å². The Morgan fingerprint density at radius 2 is 1.67 bits per heavy atom. The Kier molecular flexibility index (Phi) is 6.52. The summed E-state index contributed by atoms with van der Waals surface area (Å²) in [5, 5.41) is 17.5.